The number of benzene rings is 2. The van der Waals surface area contributed by atoms with Crippen molar-refractivity contribution in [3.8, 4) is 11.3 Å². The van der Waals surface area contributed by atoms with Gasteiger partial charge in [-0.15, -0.1) is 0 Å². The van der Waals surface area contributed by atoms with E-state index in [1.54, 1.807) is 12.1 Å². The van der Waals surface area contributed by atoms with Gasteiger partial charge in [-0.2, -0.15) is 0 Å². The van der Waals surface area contributed by atoms with Crippen LogP contribution in [0.3, 0.4) is 0 Å². The summed E-state index contributed by atoms with van der Waals surface area (Å²) in [5.74, 6) is -2.87. The number of fused-ring (bicyclic) bond motifs is 1. The summed E-state index contributed by atoms with van der Waals surface area (Å²) in [5.41, 5.74) is 0.769. The number of oxazole rings is 1. The van der Waals surface area contributed by atoms with Gasteiger partial charge in [-0.25, -0.2) is 23.1 Å². The zero-order valence-electron chi connectivity index (χ0n) is 16.9. The molecule has 33 heavy (non-hydrogen) atoms. The van der Waals surface area contributed by atoms with Gasteiger partial charge in [0, 0.05) is 35.5 Å². The predicted molar refractivity (Wildman–Crippen MR) is 115 cm³/mol. The van der Waals surface area contributed by atoms with Gasteiger partial charge in [-0.05, 0) is 35.9 Å². The zero-order chi connectivity index (χ0) is 22.9. The van der Waals surface area contributed by atoms with Crippen molar-refractivity contribution in [2.24, 2.45) is 0 Å². The summed E-state index contributed by atoms with van der Waals surface area (Å²) >= 11 is 0. The number of carbonyl (C=O) groups is 1. The van der Waals surface area contributed by atoms with Gasteiger partial charge in [-0.3, -0.25) is 4.79 Å². The highest BCUT2D eigenvalue weighted by Crippen LogP contribution is 2.29. The monoisotopic (exact) mass is 448 g/mol. The second kappa shape index (κ2) is 8.27. The van der Waals surface area contributed by atoms with Crippen molar-refractivity contribution in [1.82, 2.24) is 15.0 Å². The Hall–Kier alpha value is -4.40. The molecule has 2 N–H and O–H groups in total. The molecule has 0 aliphatic heterocycles. The van der Waals surface area contributed by atoms with Crippen LogP contribution in [0.2, 0.25) is 0 Å². The number of H-pyrrole nitrogens is 1. The summed E-state index contributed by atoms with van der Waals surface area (Å²) < 4.78 is 48.5. The summed E-state index contributed by atoms with van der Waals surface area (Å²) in [6.07, 6.45) is 5.64. The number of nitrogens with zero attached hydrogens (tertiary/aromatic N) is 2. The number of ketones is 1. The third-order valence-electron chi connectivity index (χ3n) is 5.18. The maximum Gasteiger partial charge on any atom is 0.201 e. The average Bonchev–Trinajstić information content (AvgIpc) is 3.48. The van der Waals surface area contributed by atoms with Crippen molar-refractivity contribution in [3.05, 3.63) is 102 Å². The molecule has 9 heteroatoms. The van der Waals surface area contributed by atoms with Gasteiger partial charge in [0.05, 0.1) is 17.4 Å². The number of aromatic amines is 1. The average molecular weight is 448 g/mol. The molecule has 0 radical (unpaired) electrons. The molecule has 0 atom stereocenters. The van der Waals surface area contributed by atoms with E-state index >= 15 is 4.39 Å². The highest BCUT2D eigenvalue weighted by atomic mass is 19.1. The number of hydrogen-bond donors (Lipinski definition) is 2. The molecule has 0 fully saturated rings. The lowest BCUT2D eigenvalue weighted by atomic mass is 10.0. The van der Waals surface area contributed by atoms with E-state index in [0.29, 0.717) is 27.9 Å². The van der Waals surface area contributed by atoms with Crippen LogP contribution < -0.4 is 5.32 Å². The van der Waals surface area contributed by atoms with Crippen LogP contribution in [0.1, 0.15) is 21.5 Å². The maximum absolute atomic E-state index is 15.2. The fourth-order valence-corrected chi connectivity index (χ4v) is 3.56. The molecule has 0 aliphatic carbocycles. The molecule has 0 saturated carbocycles. The van der Waals surface area contributed by atoms with Crippen molar-refractivity contribution in [2.75, 3.05) is 5.32 Å². The van der Waals surface area contributed by atoms with Crippen LogP contribution in [-0.2, 0) is 6.54 Å². The van der Waals surface area contributed by atoms with Crippen LogP contribution in [0.25, 0.3) is 22.4 Å². The van der Waals surface area contributed by atoms with Crippen molar-refractivity contribution in [3.63, 3.8) is 0 Å². The summed E-state index contributed by atoms with van der Waals surface area (Å²) in [5, 5.41) is 3.17. The predicted octanol–water partition coefficient (Wildman–Crippen LogP) is 5.48. The minimum atomic E-state index is -1.04. The van der Waals surface area contributed by atoms with E-state index in [-0.39, 0.29) is 17.8 Å². The molecular weight excluding hydrogens is 433 g/mol. The Labute approximate surface area is 185 Å². The molecule has 3 heterocycles. The van der Waals surface area contributed by atoms with Gasteiger partial charge in [0.1, 0.15) is 17.3 Å². The summed E-state index contributed by atoms with van der Waals surface area (Å²) in [7, 11) is 0. The molecule has 0 aliphatic rings. The molecule has 5 aromatic rings. The standard InChI is InChI=1S/C24H15F3N4O2/c25-15-3-1-2-13(6-15)8-29-19-5-4-18(26)21(22(19)27)23(32)17-10-31-24-16(17)7-14(9-30-24)20-11-28-12-33-20/h1-7,9-12,29H,8H2,(H,30,31). The first kappa shape index (κ1) is 20.5. The van der Waals surface area contributed by atoms with E-state index in [9.17, 15) is 13.6 Å². The highest BCUT2D eigenvalue weighted by molar-refractivity contribution is 6.16. The van der Waals surface area contributed by atoms with Gasteiger partial charge < -0.3 is 14.7 Å². The van der Waals surface area contributed by atoms with Gasteiger partial charge in [-0.1, -0.05) is 12.1 Å². The molecule has 0 unspecified atom stereocenters. The molecule has 5 rings (SSSR count). The van der Waals surface area contributed by atoms with E-state index in [1.165, 1.54) is 49.2 Å². The Kier molecular flexibility index (Phi) is 5.14. The highest BCUT2D eigenvalue weighted by Gasteiger charge is 2.24. The van der Waals surface area contributed by atoms with Crippen LogP contribution in [0, 0.1) is 17.5 Å². The first-order valence-corrected chi connectivity index (χ1v) is 9.88. The Morgan fingerprint density at radius 1 is 1.09 bits per heavy atom. The lowest BCUT2D eigenvalue weighted by Gasteiger charge is -2.11. The van der Waals surface area contributed by atoms with Crippen molar-refractivity contribution >= 4 is 22.5 Å². The molecule has 2 aromatic carbocycles. The molecule has 3 aromatic heterocycles. The van der Waals surface area contributed by atoms with Gasteiger partial charge in [0.15, 0.2) is 18.0 Å². The minimum Gasteiger partial charge on any atom is -0.443 e. The Morgan fingerprint density at radius 3 is 2.76 bits per heavy atom. The largest absolute Gasteiger partial charge is 0.443 e. The van der Waals surface area contributed by atoms with E-state index in [4.69, 9.17) is 4.42 Å². The fraction of sp³-hybridized carbons (Fsp3) is 0.0417. The van der Waals surface area contributed by atoms with Crippen LogP contribution in [0.5, 0.6) is 0 Å². The molecule has 0 saturated heterocycles. The van der Waals surface area contributed by atoms with E-state index in [1.807, 2.05) is 0 Å². The number of carbonyl (C=O) groups excluding carboxylic acids is 1. The van der Waals surface area contributed by atoms with Gasteiger partial charge in [0.25, 0.3) is 0 Å². The van der Waals surface area contributed by atoms with Gasteiger partial charge in [0.2, 0.25) is 5.78 Å². The number of pyridine rings is 1. The topological polar surface area (TPSA) is 83.8 Å². The molecule has 0 spiro atoms. The zero-order valence-corrected chi connectivity index (χ0v) is 16.9. The number of anilines is 1. The summed E-state index contributed by atoms with van der Waals surface area (Å²) in [6.45, 7) is 0.0888. The second-order valence-corrected chi connectivity index (χ2v) is 7.28. The lowest BCUT2D eigenvalue weighted by molar-refractivity contribution is 0.103. The second-order valence-electron chi connectivity index (χ2n) is 7.28. The Bertz CT molecular complexity index is 1480. The lowest BCUT2D eigenvalue weighted by Crippen LogP contribution is -2.11. The van der Waals surface area contributed by atoms with E-state index in [0.717, 1.165) is 6.07 Å². The van der Waals surface area contributed by atoms with Crippen LogP contribution >= 0.6 is 0 Å². The third kappa shape index (κ3) is 3.84. The number of rotatable bonds is 6. The van der Waals surface area contributed by atoms with Crippen LogP contribution in [0.15, 0.2) is 71.9 Å². The first-order chi connectivity index (χ1) is 16.0. The van der Waals surface area contributed by atoms with Crippen LogP contribution in [-0.4, -0.2) is 20.7 Å². The smallest absolute Gasteiger partial charge is 0.201 e. The van der Waals surface area contributed by atoms with E-state index < -0.39 is 28.8 Å². The summed E-state index contributed by atoms with van der Waals surface area (Å²) in [6, 6.07) is 9.62. The van der Waals surface area contributed by atoms with Crippen molar-refractivity contribution < 1.29 is 22.4 Å². The first-order valence-electron chi connectivity index (χ1n) is 9.88. The number of hydrogen-bond acceptors (Lipinski definition) is 5. The quantitative estimate of drug-likeness (QED) is 0.336. The Balaban J connectivity index is 1.50. The molecule has 0 bridgehead atoms. The molecule has 0 amide bonds. The van der Waals surface area contributed by atoms with Gasteiger partial charge >= 0.3 is 0 Å². The van der Waals surface area contributed by atoms with E-state index in [2.05, 4.69) is 20.3 Å². The number of aromatic nitrogens is 3. The fourth-order valence-electron chi connectivity index (χ4n) is 3.56. The van der Waals surface area contributed by atoms with Crippen molar-refractivity contribution in [1.29, 1.82) is 0 Å². The Morgan fingerprint density at radius 2 is 1.97 bits per heavy atom. The number of nitrogens with one attached hydrogen (secondary N) is 2. The SMILES string of the molecule is O=C(c1c(F)ccc(NCc2cccc(F)c2)c1F)c1c[nH]c2ncc(-c3cnco3)cc12. The maximum atomic E-state index is 15.2. The van der Waals surface area contributed by atoms with Crippen molar-refractivity contribution in [2.45, 2.75) is 6.54 Å². The third-order valence-corrected chi connectivity index (χ3v) is 5.18. The number of halogens is 3. The molecular formula is C24H15F3N4O2. The summed E-state index contributed by atoms with van der Waals surface area (Å²) in [4.78, 5) is 24.1. The normalized spacial score (nSPS) is 11.1. The molecule has 6 nitrogen and oxygen atoms in total. The van der Waals surface area contributed by atoms with Crippen LogP contribution in [0.4, 0.5) is 18.9 Å². The molecule has 164 valence electrons. The minimum absolute atomic E-state index is 0.0546.